The molecule has 1 aromatic rings. The molecule has 6 heteroatoms. The highest BCUT2D eigenvalue weighted by Gasteiger charge is 2.54. The third-order valence-electron chi connectivity index (χ3n) is 3.68. The van der Waals surface area contributed by atoms with Crippen molar-refractivity contribution in [1.29, 1.82) is 0 Å². The molecule has 0 aliphatic carbocycles. The maximum atomic E-state index is 11.9. The molecule has 4 nitrogen and oxygen atoms in total. The van der Waals surface area contributed by atoms with Gasteiger partial charge in [-0.2, -0.15) is 4.55 Å². The standard InChI is InChI=1S/C13H16N2O2S2/c1-8-3-9(2)5-10(4-8)15-12-7-19(16,17)6-11(12)14-13(15)18/h3-5,11-12H,6-7H2,1-2H3,(H-,14,16,17,18)/p+1/t11-,12+/m1/s1. The number of nitrogens with one attached hydrogen (secondary N) is 1. The lowest BCUT2D eigenvalue weighted by molar-refractivity contribution is 0.502. The molecule has 2 N–H and O–H groups in total. The maximum absolute atomic E-state index is 11.9. The molecule has 0 amide bonds. The van der Waals surface area contributed by atoms with E-state index in [0.717, 1.165) is 5.69 Å². The van der Waals surface area contributed by atoms with Crippen LogP contribution in [0.4, 0.5) is 5.69 Å². The van der Waals surface area contributed by atoms with Crippen LogP contribution in [0.3, 0.4) is 0 Å². The molecule has 2 aliphatic heterocycles. The summed E-state index contributed by atoms with van der Waals surface area (Å²) in [5.41, 5.74) is 3.35. The summed E-state index contributed by atoms with van der Waals surface area (Å²) in [6.07, 6.45) is 0. The minimum atomic E-state index is -2.70. The summed E-state index contributed by atoms with van der Waals surface area (Å²) < 4.78 is 21.6. The second-order valence-electron chi connectivity index (χ2n) is 5.45. The first-order chi connectivity index (χ1) is 8.85. The maximum Gasteiger partial charge on any atom is 0.218 e. The van der Waals surface area contributed by atoms with Crippen LogP contribution in [0.5, 0.6) is 0 Å². The van der Waals surface area contributed by atoms with E-state index in [0.29, 0.717) is 10.9 Å². The lowest BCUT2D eigenvalue weighted by Crippen LogP contribution is -2.37. The Balaban J connectivity index is 1.99. The molecule has 2 fully saturated rings. The molecule has 1 unspecified atom stereocenters. The highest BCUT2D eigenvalue weighted by atomic mass is 32.3. The number of thiocarbonyl (C=S) groups is 1. The molecular weight excluding hydrogens is 280 g/mol. The van der Waals surface area contributed by atoms with E-state index in [9.17, 15) is 8.76 Å². The van der Waals surface area contributed by atoms with Crippen molar-refractivity contribution in [3.8, 4) is 0 Å². The van der Waals surface area contributed by atoms with Crippen molar-refractivity contribution >= 4 is 33.2 Å². The minimum absolute atomic E-state index is 0.00815. The molecule has 102 valence electrons. The van der Waals surface area contributed by atoms with Crippen LogP contribution >= 0.6 is 12.2 Å². The van der Waals surface area contributed by atoms with Crippen LogP contribution in [0.25, 0.3) is 0 Å². The van der Waals surface area contributed by atoms with Crippen molar-refractivity contribution in [2.45, 2.75) is 25.9 Å². The molecule has 2 aliphatic rings. The van der Waals surface area contributed by atoms with Gasteiger partial charge in [0.2, 0.25) is 10.2 Å². The lowest BCUT2D eigenvalue weighted by Gasteiger charge is -2.23. The zero-order valence-corrected chi connectivity index (χ0v) is 12.6. The van der Waals surface area contributed by atoms with Gasteiger partial charge in [-0.1, -0.05) is 10.3 Å². The second-order valence-corrected chi connectivity index (χ2v) is 8.04. The van der Waals surface area contributed by atoms with Crippen molar-refractivity contribution in [3.63, 3.8) is 0 Å². The fraction of sp³-hybridized carbons (Fsp3) is 0.462. The fourth-order valence-electron chi connectivity index (χ4n) is 3.01. The van der Waals surface area contributed by atoms with Crippen LogP contribution in [0.2, 0.25) is 0 Å². The van der Waals surface area contributed by atoms with Crippen molar-refractivity contribution < 1.29 is 8.76 Å². The molecule has 2 heterocycles. The van der Waals surface area contributed by atoms with Gasteiger partial charge in [-0.25, -0.2) is 0 Å². The van der Waals surface area contributed by atoms with Crippen LogP contribution in [0, 0.1) is 13.8 Å². The largest absolute Gasteiger partial charge is 0.352 e. The Morgan fingerprint density at radius 1 is 1.32 bits per heavy atom. The Bertz CT molecular complexity index is 582. The second kappa shape index (κ2) is 4.26. The van der Waals surface area contributed by atoms with Crippen molar-refractivity contribution in [3.05, 3.63) is 29.3 Å². The molecule has 3 rings (SSSR count). The van der Waals surface area contributed by atoms with E-state index in [1.165, 1.54) is 11.1 Å². The summed E-state index contributed by atoms with van der Waals surface area (Å²) in [7, 11) is -2.70. The highest BCUT2D eigenvalue weighted by molar-refractivity contribution is 7.98. The number of benzene rings is 1. The number of rotatable bonds is 1. The van der Waals surface area contributed by atoms with Gasteiger partial charge in [0.25, 0.3) is 0 Å². The van der Waals surface area contributed by atoms with Gasteiger partial charge >= 0.3 is 0 Å². The molecule has 0 saturated carbocycles. The van der Waals surface area contributed by atoms with Gasteiger partial charge in [0.1, 0.15) is 12.1 Å². The molecule has 0 bridgehead atoms. The Morgan fingerprint density at radius 2 is 1.95 bits per heavy atom. The van der Waals surface area contributed by atoms with E-state index in [1.807, 2.05) is 18.7 Å². The Kier molecular flexibility index (Phi) is 2.92. The fourth-order valence-corrected chi connectivity index (χ4v) is 5.32. The molecule has 19 heavy (non-hydrogen) atoms. The van der Waals surface area contributed by atoms with E-state index in [-0.39, 0.29) is 17.8 Å². The van der Waals surface area contributed by atoms with E-state index in [2.05, 4.69) is 23.5 Å². The molecule has 0 radical (unpaired) electrons. The van der Waals surface area contributed by atoms with E-state index < -0.39 is 10.2 Å². The minimum Gasteiger partial charge on any atom is -0.352 e. The topological polar surface area (TPSA) is 52.6 Å². The molecule has 1 aromatic carbocycles. The number of anilines is 1. The summed E-state index contributed by atoms with van der Waals surface area (Å²) in [4.78, 5) is 2.00. The first-order valence-electron chi connectivity index (χ1n) is 6.26. The van der Waals surface area contributed by atoms with E-state index in [4.69, 9.17) is 12.2 Å². The number of nitrogens with zero attached hydrogens (tertiary/aromatic N) is 1. The average Bonchev–Trinajstić information content (AvgIpc) is 2.66. The molecule has 0 aromatic heterocycles. The molecule has 2 saturated heterocycles. The van der Waals surface area contributed by atoms with Gasteiger partial charge in [0.15, 0.2) is 16.6 Å². The molecular formula is C13H17N2O2S2+. The summed E-state index contributed by atoms with van der Waals surface area (Å²) in [6, 6.07) is 6.23. The number of hydrogen-bond donors (Lipinski definition) is 2. The number of hydrogen-bond acceptors (Lipinski definition) is 2. The Morgan fingerprint density at radius 3 is 2.58 bits per heavy atom. The van der Waals surface area contributed by atoms with Gasteiger partial charge in [0.05, 0.1) is 0 Å². The van der Waals surface area contributed by atoms with Gasteiger partial charge in [0, 0.05) is 5.69 Å². The Hall–Kier alpha value is -0.980. The number of fused-ring (bicyclic) bond motifs is 1. The monoisotopic (exact) mass is 297 g/mol. The summed E-state index contributed by atoms with van der Waals surface area (Å²) in [5, 5.41) is 3.84. The normalized spacial score (nSPS) is 33.4. The van der Waals surface area contributed by atoms with Crippen molar-refractivity contribution in [1.82, 2.24) is 5.32 Å². The average molecular weight is 297 g/mol. The third kappa shape index (κ3) is 2.28. The predicted octanol–water partition coefficient (Wildman–Crippen LogP) is 1.72. The van der Waals surface area contributed by atoms with E-state index >= 15 is 0 Å². The third-order valence-corrected chi connectivity index (χ3v) is 5.74. The summed E-state index contributed by atoms with van der Waals surface area (Å²) >= 11 is 5.38. The van der Waals surface area contributed by atoms with Crippen molar-refractivity contribution in [2.24, 2.45) is 0 Å². The van der Waals surface area contributed by atoms with Crippen LogP contribution < -0.4 is 10.2 Å². The highest BCUT2D eigenvalue weighted by Crippen LogP contribution is 2.32. The Labute approximate surface area is 119 Å². The quantitative estimate of drug-likeness (QED) is 0.611. The molecule has 3 atom stereocenters. The zero-order valence-electron chi connectivity index (χ0n) is 10.9. The van der Waals surface area contributed by atoms with Crippen LogP contribution in [0.1, 0.15) is 11.1 Å². The zero-order chi connectivity index (χ0) is 13.8. The van der Waals surface area contributed by atoms with Crippen LogP contribution in [-0.2, 0) is 14.4 Å². The summed E-state index contributed by atoms with van der Waals surface area (Å²) in [6.45, 7) is 4.09. The molecule has 0 spiro atoms. The van der Waals surface area contributed by atoms with E-state index in [1.54, 1.807) is 0 Å². The van der Waals surface area contributed by atoms with Crippen LogP contribution in [-0.4, -0.2) is 33.3 Å². The smallest absolute Gasteiger partial charge is 0.218 e. The van der Waals surface area contributed by atoms with Gasteiger partial charge in [-0.05, 0) is 49.3 Å². The van der Waals surface area contributed by atoms with Gasteiger partial charge in [-0.15, -0.1) is 0 Å². The first kappa shape index (κ1) is 13.0. The van der Waals surface area contributed by atoms with Gasteiger partial charge < -0.3 is 10.2 Å². The van der Waals surface area contributed by atoms with Gasteiger partial charge in [-0.3, -0.25) is 0 Å². The van der Waals surface area contributed by atoms with Crippen LogP contribution in [0.15, 0.2) is 18.2 Å². The predicted molar refractivity (Wildman–Crippen MR) is 82.1 cm³/mol. The summed E-state index contributed by atoms with van der Waals surface area (Å²) in [5.74, 6) is 0.580. The number of aryl methyl sites for hydroxylation is 2. The first-order valence-corrected chi connectivity index (χ1v) is 8.52. The SMILES string of the molecule is Cc1cc(C)cc(N2C(=S)N[C@@H]3C[S+](=O)(O)C[C@@H]32)c1. The lowest BCUT2D eigenvalue weighted by atomic mass is 10.1. The van der Waals surface area contributed by atoms with Crippen molar-refractivity contribution in [2.75, 3.05) is 16.4 Å².